The van der Waals surface area contributed by atoms with Crippen LogP contribution in [0.15, 0.2) is 24.3 Å². The van der Waals surface area contributed by atoms with E-state index in [1.54, 1.807) is 12.1 Å². The van der Waals surface area contributed by atoms with Crippen LogP contribution in [-0.2, 0) is 0 Å². The molecular formula is C15H18ClN3O2. The van der Waals surface area contributed by atoms with Gasteiger partial charge in [0.1, 0.15) is 0 Å². The number of aromatic nitrogens is 3. The molecule has 0 amide bonds. The SMILES string of the molecule is CCOc1nc(-c2cccc(Cl)c2)n(C(=O)CC(C)C)n1. The first-order chi connectivity index (χ1) is 10.0. The molecular weight excluding hydrogens is 290 g/mol. The minimum atomic E-state index is -0.113. The van der Waals surface area contributed by atoms with Gasteiger partial charge in [0, 0.05) is 17.0 Å². The highest BCUT2D eigenvalue weighted by Crippen LogP contribution is 2.23. The van der Waals surface area contributed by atoms with Gasteiger partial charge in [-0.3, -0.25) is 4.79 Å². The van der Waals surface area contributed by atoms with Crippen molar-refractivity contribution in [3.63, 3.8) is 0 Å². The summed E-state index contributed by atoms with van der Waals surface area (Å²) in [4.78, 5) is 16.6. The van der Waals surface area contributed by atoms with E-state index >= 15 is 0 Å². The van der Waals surface area contributed by atoms with E-state index in [1.807, 2.05) is 32.9 Å². The fourth-order valence-electron chi connectivity index (χ4n) is 1.91. The van der Waals surface area contributed by atoms with E-state index in [9.17, 15) is 4.79 Å². The van der Waals surface area contributed by atoms with Gasteiger partial charge < -0.3 is 4.74 Å². The molecule has 21 heavy (non-hydrogen) atoms. The number of carbonyl (C=O) groups excluding carboxylic acids is 1. The number of hydrogen-bond donors (Lipinski definition) is 0. The van der Waals surface area contributed by atoms with Crippen molar-refractivity contribution in [1.29, 1.82) is 0 Å². The number of carbonyl (C=O) groups is 1. The van der Waals surface area contributed by atoms with Gasteiger partial charge in [0.25, 0.3) is 0 Å². The molecule has 0 atom stereocenters. The van der Waals surface area contributed by atoms with Crippen molar-refractivity contribution in [2.75, 3.05) is 6.61 Å². The molecule has 6 heteroatoms. The summed E-state index contributed by atoms with van der Waals surface area (Å²) in [5.74, 6) is 0.578. The Balaban J connectivity index is 2.45. The molecule has 0 saturated carbocycles. The summed E-state index contributed by atoms with van der Waals surface area (Å²) in [6.07, 6.45) is 0.391. The predicted octanol–water partition coefficient (Wildman–Crippen LogP) is 3.68. The zero-order chi connectivity index (χ0) is 15.4. The Bertz CT molecular complexity index is 638. The lowest BCUT2D eigenvalue weighted by Gasteiger charge is -2.06. The van der Waals surface area contributed by atoms with Gasteiger partial charge >= 0.3 is 6.01 Å². The summed E-state index contributed by atoms with van der Waals surface area (Å²) in [5, 5.41) is 4.73. The lowest BCUT2D eigenvalue weighted by Crippen LogP contribution is -2.16. The smallest absolute Gasteiger partial charge is 0.336 e. The second kappa shape index (κ2) is 6.72. The summed E-state index contributed by atoms with van der Waals surface area (Å²) < 4.78 is 6.61. The maximum atomic E-state index is 12.3. The van der Waals surface area contributed by atoms with Gasteiger partial charge in [-0.2, -0.15) is 9.67 Å². The van der Waals surface area contributed by atoms with E-state index in [0.29, 0.717) is 23.9 Å². The fourth-order valence-corrected chi connectivity index (χ4v) is 2.10. The average Bonchev–Trinajstić information content (AvgIpc) is 2.82. The Kier molecular flexibility index (Phi) is 4.96. The molecule has 0 unspecified atom stereocenters. The number of benzene rings is 1. The lowest BCUT2D eigenvalue weighted by atomic mass is 10.1. The van der Waals surface area contributed by atoms with Crippen LogP contribution in [0.1, 0.15) is 32.0 Å². The third-order valence-electron chi connectivity index (χ3n) is 2.76. The fraction of sp³-hybridized carbons (Fsp3) is 0.400. The third kappa shape index (κ3) is 3.82. The molecule has 0 N–H and O–H groups in total. The van der Waals surface area contributed by atoms with E-state index in [2.05, 4.69) is 10.1 Å². The van der Waals surface area contributed by atoms with Gasteiger partial charge in [-0.15, -0.1) is 5.10 Å². The van der Waals surface area contributed by atoms with Crippen LogP contribution in [0.25, 0.3) is 11.4 Å². The quantitative estimate of drug-likeness (QED) is 0.845. The Morgan fingerprint density at radius 2 is 2.19 bits per heavy atom. The number of hydrogen-bond acceptors (Lipinski definition) is 4. The van der Waals surface area contributed by atoms with Crippen LogP contribution < -0.4 is 4.74 Å². The number of nitrogens with zero attached hydrogens (tertiary/aromatic N) is 3. The average molecular weight is 308 g/mol. The van der Waals surface area contributed by atoms with Crippen LogP contribution in [0.2, 0.25) is 5.02 Å². The zero-order valence-corrected chi connectivity index (χ0v) is 13.1. The van der Waals surface area contributed by atoms with Gasteiger partial charge in [0.15, 0.2) is 5.82 Å². The summed E-state index contributed by atoms with van der Waals surface area (Å²) in [6, 6.07) is 7.37. The Morgan fingerprint density at radius 1 is 1.43 bits per heavy atom. The monoisotopic (exact) mass is 307 g/mol. The van der Waals surface area contributed by atoms with Crippen LogP contribution in [-0.4, -0.2) is 27.3 Å². The van der Waals surface area contributed by atoms with Crippen molar-refractivity contribution in [3.8, 4) is 17.4 Å². The normalized spacial score (nSPS) is 10.9. The number of ether oxygens (including phenoxy) is 1. The molecule has 0 aliphatic carbocycles. The van der Waals surface area contributed by atoms with Gasteiger partial charge in [-0.05, 0) is 25.0 Å². The number of halogens is 1. The molecule has 112 valence electrons. The van der Waals surface area contributed by atoms with Gasteiger partial charge in [0.05, 0.1) is 6.61 Å². The molecule has 1 aromatic heterocycles. The molecule has 2 aromatic rings. The van der Waals surface area contributed by atoms with E-state index in [-0.39, 0.29) is 17.8 Å². The molecule has 0 spiro atoms. The number of rotatable bonds is 5. The second-order valence-corrected chi connectivity index (χ2v) is 5.50. The third-order valence-corrected chi connectivity index (χ3v) is 3.00. The lowest BCUT2D eigenvalue weighted by molar-refractivity contribution is 0.0870. The van der Waals surface area contributed by atoms with Crippen molar-refractivity contribution < 1.29 is 9.53 Å². The van der Waals surface area contributed by atoms with E-state index in [4.69, 9.17) is 16.3 Å². The minimum Gasteiger partial charge on any atom is -0.463 e. The van der Waals surface area contributed by atoms with Gasteiger partial charge in [0.2, 0.25) is 5.91 Å². The highest BCUT2D eigenvalue weighted by molar-refractivity contribution is 6.30. The van der Waals surface area contributed by atoms with Crippen molar-refractivity contribution >= 4 is 17.5 Å². The highest BCUT2D eigenvalue weighted by atomic mass is 35.5. The van der Waals surface area contributed by atoms with E-state index in [1.165, 1.54) is 4.68 Å². The Hall–Kier alpha value is -1.88. The molecule has 0 aliphatic rings. The predicted molar refractivity (Wildman–Crippen MR) is 81.7 cm³/mol. The molecule has 0 bridgehead atoms. The Labute approximate surface area is 128 Å². The first-order valence-corrected chi connectivity index (χ1v) is 7.28. The molecule has 0 aliphatic heterocycles. The Morgan fingerprint density at radius 3 is 2.81 bits per heavy atom. The maximum absolute atomic E-state index is 12.3. The summed E-state index contributed by atoms with van der Waals surface area (Å²) >= 11 is 6.01. The molecule has 0 radical (unpaired) electrons. The van der Waals surface area contributed by atoms with Crippen LogP contribution in [0.4, 0.5) is 0 Å². The van der Waals surface area contributed by atoms with Crippen molar-refractivity contribution in [2.24, 2.45) is 5.92 Å². The van der Waals surface area contributed by atoms with Crippen molar-refractivity contribution in [3.05, 3.63) is 29.3 Å². The maximum Gasteiger partial charge on any atom is 0.336 e. The molecule has 0 fully saturated rings. The van der Waals surface area contributed by atoms with Crippen LogP contribution in [0.5, 0.6) is 6.01 Å². The summed E-state index contributed by atoms with van der Waals surface area (Å²) in [7, 11) is 0. The summed E-state index contributed by atoms with van der Waals surface area (Å²) in [5.41, 5.74) is 0.734. The first kappa shape index (κ1) is 15.5. The molecule has 2 rings (SSSR count). The van der Waals surface area contributed by atoms with E-state index in [0.717, 1.165) is 5.56 Å². The largest absolute Gasteiger partial charge is 0.463 e. The van der Waals surface area contributed by atoms with Crippen molar-refractivity contribution in [1.82, 2.24) is 14.8 Å². The first-order valence-electron chi connectivity index (χ1n) is 6.90. The second-order valence-electron chi connectivity index (χ2n) is 5.06. The van der Waals surface area contributed by atoms with Crippen LogP contribution >= 0.6 is 11.6 Å². The standard InChI is InChI=1S/C15H18ClN3O2/c1-4-21-15-17-14(11-6-5-7-12(16)9-11)19(18-15)13(20)8-10(2)3/h5-7,9-10H,4,8H2,1-3H3. The molecule has 1 heterocycles. The molecule has 0 saturated heterocycles. The van der Waals surface area contributed by atoms with Gasteiger partial charge in [-0.1, -0.05) is 37.6 Å². The van der Waals surface area contributed by atoms with Crippen molar-refractivity contribution in [2.45, 2.75) is 27.2 Å². The van der Waals surface area contributed by atoms with E-state index < -0.39 is 0 Å². The minimum absolute atomic E-state index is 0.113. The molecule has 1 aromatic carbocycles. The highest BCUT2D eigenvalue weighted by Gasteiger charge is 2.19. The van der Waals surface area contributed by atoms with Crippen LogP contribution in [0, 0.1) is 5.92 Å². The van der Waals surface area contributed by atoms with Crippen LogP contribution in [0.3, 0.4) is 0 Å². The molecule has 5 nitrogen and oxygen atoms in total. The van der Waals surface area contributed by atoms with Gasteiger partial charge in [-0.25, -0.2) is 0 Å². The zero-order valence-electron chi connectivity index (χ0n) is 12.3. The summed E-state index contributed by atoms with van der Waals surface area (Å²) in [6.45, 7) is 6.25. The topological polar surface area (TPSA) is 57.0 Å².